The van der Waals surface area contributed by atoms with E-state index in [0.29, 0.717) is 32.8 Å². The van der Waals surface area contributed by atoms with Crippen molar-refractivity contribution < 1.29 is 18.7 Å². The normalized spacial score (nSPS) is 21.0. The van der Waals surface area contributed by atoms with Gasteiger partial charge in [-0.15, -0.1) is 0 Å². The summed E-state index contributed by atoms with van der Waals surface area (Å²) in [6, 6.07) is 5.96. The molecule has 0 spiro atoms. The van der Waals surface area contributed by atoms with Crippen molar-refractivity contribution >= 4 is 11.9 Å². The smallest absolute Gasteiger partial charge is 0.317 e. The molecule has 1 unspecified atom stereocenters. The first kappa shape index (κ1) is 16.7. The Hall–Kier alpha value is -2.15. The number of ether oxygens (including phenoxy) is 1. The Balaban J connectivity index is 1.44. The third-order valence-electron chi connectivity index (χ3n) is 4.42. The standard InChI is InChI=1S/C17H22FN3O3/c18-14-4-1-3-13(11-14)12-19-17(23)21-8-6-20(7-9-21)16(22)15-5-2-10-24-15/h1,3-4,11,15H,2,5-10,12H2,(H,19,23). The molecule has 7 heteroatoms. The number of halogens is 1. The number of piperazine rings is 1. The maximum atomic E-state index is 13.1. The summed E-state index contributed by atoms with van der Waals surface area (Å²) in [5, 5.41) is 2.79. The minimum Gasteiger partial charge on any atom is -0.368 e. The Morgan fingerprint density at radius 3 is 2.62 bits per heavy atom. The highest BCUT2D eigenvalue weighted by molar-refractivity contribution is 5.81. The fraction of sp³-hybridized carbons (Fsp3) is 0.529. The van der Waals surface area contributed by atoms with Crippen LogP contribution in [0.25, 0.3) is 0 Å². The number of carbonyl (C=O) groups excluding carboxylic acids is 2. The quantitative estimate of drug-likeness (QED) is 0.907. The van der Waals surface area contributed by atoms with Gasteiger partial charge in [0, 0.05) is 39.3 Å². The molecule has 2 aliphatic heterocycles. The molecule has 6 nitrogen and oxygen atoms in total. The molecule has 0 aromatic heterocycles. The topological polar surface area (TPSA) is 61.9 Å². The van der Waals surface area contributed by atoms with Crippen LogP contribution >= 0.6 is 0 Å². The number of hydrogen-bond donors (Lipinski definition) is 1. The molecule has 2 saturated heterocycles. The fourth-order valence-electron chi connectivity index (χ4n) is 3.04. The Morgan fingerprint density at radius 1 is 1.21 bits per heavy atom. The first-order chi connectivity index (χ1) is 11.6. The van der Waals surface area contributed by atoms with E-state index in [-0.39, 0.29) is 30.4 Å². The average molecular weight is 335 g/mol. The molecule has 0 radical (unpaired) electrons. The highest BCUT2D eigenvalue weighted by atomic mass is 19.1. The van der Waals surface area contributed by atoms with Crippen LogP contribution in [0.15, 0.2) is 24.3 Å². The van der Waals surface area contributed by atoms with Gasteiger partial charge in [-0.3, -0.25) is 4.79 Å². The van der Waals surface area contributed by atoms with Gasteiger partial charge in [0.05, 0.1) is 0 Å². The van der Waals surface area contributed by atoms with Crippen LogP contribution in [0.3, 0.4) is 0 Å². The highest BCUT2D eigenvalue weighted by Crippen LogP contribution is 2.16. The van der Waals surface area contributed by atoms with E-state index >= 15 is 0 Å². The van der Waals surface area contributed by atoms with Gasteiger partial charge >= 0.3 is 6.03 Å². The molecule has 130 valence electrons. The molecule has 1 atom stereocenters. The van der Waals surface area contributed by atoms with Gasteiger partial charge < -0.3 is 19.9 Å². The lowest BCUT2D eigenvalue weighted by Gasteiger charge is -2.35. The van der Waals surface area contributed by atoms with E-state index in [9.17, 15) is 14.0 Å². The van der Waals surface area contributed by atoms with Crippen LogP contribution in [0.2, 0.25) is 0 Å². The molecule has 2 fully saturated rings. The molecule has 0 aliphatic carbocycles. The monoisotopic (exact) mass is 335 g/mol. The van der Waals surface area contributed by atoms with Gasteiger partial charge in [0.2, 0.25) is 0 Å². The summed E-state index contributed by atoms with van der Waals surface area (Å²) < 4.78 is 18.5. The first-order valence-electron chi connectivity index (χ1n) is 8.31. The summed E-state index contributed by atoms with van der Waals surface area (Å²) in [5.41, 5.74) is 0.718. The molecule has 3 amide bonds. The number of carbonyl (C=O) groups is 2. The van der Waals surface area contributed by atoms with Crippen LogP contribution in [-0.4, -0.2) is 60.6 Å². The van der Waals surface area contributed by atoms with Crippen LogP contribution in [0, 0.1) is 5.82 Å². The first-order valence-corrected chi connectivity index (χ1v) is 8.31. The molecular weight excluding hydrogens is 313 g/mol. The van der Waals surface area contributed by atoms with Crippen molar-refractivity contribution in [3.63, 3.8) is 0 Å². The van der Waals surface area contributed by atoms with E-state index in [1.807, 2.05) is 0 Å². The number of rotatable bonds is 3. The molecular formula is C17H22FN3O3. The maximum absolute atomic E-state index is 13.1. The summed E-state index contributed by atoms with van der Waals surface area (Å²) in [5.74, 6) is -0.282. The van der Waals surface area contributed by atoms with Crippen molar-refractivity contribution in [3.8, 4) is 0 Å². The summed E-state index contributed by atoms with van der Waals surface area (Å²) in [7, 11) is 0. The van der Waals surface area contributed by atoms with E-state index in [0.717, 1.165) is 18.4 Å². The van der Waals surface area contributed by atoms with Crippen molar-refractivity contribution in [2.24, 2.45) is 0 Å². The molecule has 0 saturated carbocycles. The van der Waals surface area contributed by atoms with Crippen molar-refractivity contribution in [2.45, 2.75) is 25.5 Å². The van der Waals surface area contributed by atoms with Gasteiger partial charge in [-0.05, 0) is 30.5 Å². The zero-order chi connectivity index (χ0) is 16.9. The summed E-state index contributed by atoms with van der Waals surface area (Å²) in [4.78, 5) is 27.9. The van der Waals surface area contributed by atoms with Gasteiger partial charge in [-0.25, -0.2) is 9.18 Å². The van der Waals surface area contributed by atoms with E-state index in [4.69, 9.17) is 4.74 Å². The molecule has 24 heavy (non-hydrogen) atoms. The van der Waals surface area contributed by atoms with Gasteiger partial charge in [0.15, 0.2) is 0 Å². The largest absolute Gasteiger partial charge is 0.368 e. The minimum atomic E-state index is -0.317. The van der Waals surface area contributed by atoms with Crippen molar-refractivity contribution in [1.29, 1.82) is 0 Å². The second kappa shape index (κ2) is 7.61. The van der Waals surface area contributed by atoms with E-state index in [1.54, 1.807) is 21.9 Å². The summed E-state index contributed by atoms with van der Waals surface area (Å²) >= 11 is 0. The van der Waals surface area contributed by atoms with Crippen molar-refractivity contribution in [2.75, 3.05) is 32.8 Å². The number of nitrogens with one attached hydrogen (secondary N) is 1. The number of urea groups is 1. The van der Waals surface area contributed by atoms with E-state index in [1.165, 1.54) is 12.1 Å². The summed E-state index contributed by atoms with van der Waals surface area (Å²) in [6.07, 6.45) is 1.41. The van der Waals surface area contributed by atoms with Crippen molar-refractivity contribution in [1.82, 2.24) is 15.1 Å². The number of hydrogen-bond acceptors (Lipinski definition) is 3. The minimum absolute atomic E-state index is 0.0346. The van der Waals surface area contributed by atoms with Crippen LogP contribution < -0.4 is 5.32 Å². The molecule has 2 aliphatic rings. The van der Waals surface area contributed by atoms with E-state index in [2.05, 4.69) is 5.32 Å². The van der Waals surface area contributed by atoms with Crippen LogP contribution in [-0.2, 0) is 16.1 Å². The zero-order valence-corrected chi connectivity index (χ0v) is 13.5. The van der Waals surface area contributed by atoms with Gasteiger partial charge in [0.1, 0.15) is 11.9 Å². The average Bonchev–Trinajstić information content (AvgIpc) is 3.14. The third kappa shape index (κ3) is 4.03. The fourth-order valence-corrected chi connectivity index (χ4v) is 3.04. The van der Waals surface area contributed by atoms with Gasteiger partial charge in [-0.1, -0.05) is 12.1 Å². The second-order valence-electron chi connectivity index (χ2n) is 6.10. The molecule has 1 N–H and O–H groups in total. The zero-order valence-electron chi connectivity index (χ0n) is 13.5. The Bertz CT molecular complexity index is 596. The van der Waals surface area contributed by atoms with Crippen LogP contribution in [0.1, 0.15) is 18.4 Å². The van der Waals surface area contributed by atoms with Crippen molar-refractivity contribution in [3.05, 3.63) is 35.6 Å². The number of benzene rings is 1. The predicted molar refractivity (Wildman–Crippen MR) is 85.8 cm³/mol. The lowest BCUT2D eigenvalue weighted by Crippen LogP contribution is -2.54. The molecule has 3 rings (SSSR count). The van der Waals surface area contributed by atoms with Gasteiger partial charge in [-0.2, -0.15) is 0 Å². The lowest BCUT2D eigenvalue weighted by molar-refractivity contribution is -0.142. The van der Waals surface area contributed by atoms with Crippen LogP contribution in [0.4, 0.5) is 9.18 Å². The molecule has 0 bridgehead atoms. The second-order valence-corrected chi connectivity index (χ2v) is 6.10. The number of nitrogens with zero attached hydrogens (tertiary/aromatic N) is 2. The Labute approximate surface area is 140 Å². The number of amides is 3. The van der Waals surface area contributed by atoms with Crippen LogP contribution in [0.5, 0.6) is 0 Å². The third-order valence-corrected chi connectivity index (χ3v) is 4.42. The van der Waals surface area contributed by atoms with Gasteiger partial charge in [0.25, 0.3) is 5.91 Å². The Morgan fingerprint density at radius 2 is 1.96 bits per heavy atom. The molecule has 1 aromatic rings. The SMILES string of the molecule is O=C(NCc1cccc(F)c1)N1CCN(C(=O)C2CCCO2)CC1. The maximum Gasteiger partial charge on any atom is 0.317 e. The lowest BCUT2D eigenvalue weighted by atomic mass is 10.2. The Kier molecular flexibility index (Phi) is 5.30. The molecule has 2 heterocycles. The highest BCUT2D eigenvalue weighted by Gasteiger charge is 2.31. The predicted octanol–water partition coefficient (Wildman–Crippen LogP) is 1.36. The summed E-state index contributed by atoms with van der Waals surface area (Å²) in [6.45, 7) is 2.96. The molecule has 1 aromatic carbocycles. The van der Waals surface area contributed by atoms with E-state index < -0.39 is 0 Å².